The van der Waals surface area contributed by atoms with Crippen LogP contribution in [0.1, 0.15) is 32.7 Å². The monoisotopic (exact) mass is 511 g/mol. The number of hydrogen-bond acceptors (Lipinski definition) is 4. The topological polar surface area (TPSA) is 109 Å². The van der Waals surface area contributed by atoms with Gasteiger partial charge in [0, 0.05) is 42.1 Å². The van der Waals surface area contributed by atoms with Gasteiger partial charge in [0.2, 0.25) is 0 Å². The minimum atomic E-state index is -0.460. The van der Waals surface area contributed by atoms with E-state index in [1.807, 2.05) is 42.5 Å². The number of halogens is 1. The van der Waals surface area contributed by atoms with Crippen molar-refractivity contribution in [2.24, 2.45) is 0 Å². The quantitative estimate of drug-likeness (QED) is 0.255. The van der Waals surface area contributed by atoms with Crippen LogP contribution in [0, 0.1) is 0 Å². The van der Waals surface area contributed by atoms with Crippen molar-refractivity contribution in [3.05, 3.63) is 123 Å². The summed E-state index contributed by atoms with van der Waals surface area (Å²) in [6.07, 6.45) is 10.5. The Bertz CT molecular complexity index is 1590. The first-order valence-corrected chi connectivity index (χ1v) is 11.9. The van der Waals surface area contributed by atoms with Crippen molar-refractivity contribution < 1.29 is 9.59 Å². The van der Waals surface area contributed by atoms with Crippen LogP contribution in [0.3, 0.4) is 0 Å². The number of H-pyrrole nitrogens is 1. The van der Waals surface area contributed by atoms with Gasteiger partial charge >= 0.3 is 0 Å². The number of carbonyl (C=O) groups is 2. The smallest absolute Gasteiger partial charge is 0.263 e. The molecule has 0 aliphatic carbocycles. The van der Waals surface area contributed by atoms with Gasteiger partial charge in [0.1, 0.15) is 10.7 Å². The van der Waals surface area contributed by atoms with Gasteiger partial charge in [0.25, 0.3) is 17.4 Å². The Hall–Kier alpha value is -4.69. The van der Waals surface area contributed by atoms with Crippen molar-refractivity contribution in [2.45, 2.75) is 6.54 Å². The molecule has 3 N–H and O–H groups in total. The first-order chi connectivity index (χ1) is 18.0. The minimum absolute atomic E-state index is 0.0550. The molecule has 0 saturated heterocycles. The molecule has 4 heterocycles. The molecule has 0 atom stereocenters. The second kappa shape index (κ2) is 10.5. The predicted molar refractivity (Wildman–Crippen MR) is 144 cm³/mol. The second-order valence-electron chi connectivity index (χ2n) is 8.40. The van der Waals surface area contributed by atoms with Crippen molar-refractivity contribution in [1.82, 2.24) is 19.9 Å². The Morgan fingerprint density at radius 3 is 2.78 bits per heavy atom. The van der Waals surface area contributed by atoms with E-state index in [2.05, 4.69) is 20.6 Å². The lowest BCUT2D eigenvalue weighted by Gasteiger charge is -2.08. The maximum Gasteiger partial charge on any atom is 0.263 e. The molecule has 0 radical (unpaired) electrons. The highest BCUT2D eigenvalue weighted by atomic mass is 35.5. The molecule has 0 fully saturated rings. The van der Waals surface area contributed by atoms with Crippen LogP contribution in [0.5, 0.6) is 0 Å². The summed E-state index contributed by atoms with van der Waals surface area (Å²) >= 11 is 5.81. The molecular formula is C28H22ClN5O3. The third-order valence-electron chi connectivity index (χ3n) is 5.85. The van der Waals surface area contributed by atoms with E-state index in [9.17, 15) is 14.4 Å². The normalized spacial score (nSPS) is 13.6. The SMILES string of the molecule is O=C1Nc2cc(/C=C/CNC(=O)c3cccn(Cc4ccc(Cl)nc4)c3=O)ccc2C1=Cc1ccc[nH]1. The van der Waals surface area contributed by atoms with E-state index < -0.39 is 11.5 Å². The molecule has 1 aliphatic rings. The maximum atomic E-state index is 12.8. The van der Waals surface area contributed by atoms with E-state index >= 15 is 0 Å². The highest BCUT2D eigenvalue weighted by Gasteiger charge is 2.24. The maximum absolute atomic E-state index is 12.8. The Labute approximate surface area is 217 Å². The molecule has 0 bridgehead atoms. The fourth-order valence-electron chi connectivity index (χ4n) is 4.02. The third kappa shape index (κ3) is 5.44. The standard InChI is InChI=1S/C28H22ClN5O3/c29-25-10-8-19(16-32-25)17-34-13-3-6-22(28(34)37)26(35)31-12-1-4-18-7-9-21-23(15-20-5-2-11-30-20)27(36)33-24(21)14-18/h1-11,13-16,30H,12,17H2,(H,31,35)(H,33,36)/b4-1+,23-15?. The molecule has 8 nitrogen and oxygen atoms in total. The number of nitrogens with zero attached hydrogens (tertiary/aromatic N) is 2. The summed E-state index contributed by atoms with van der Waals surface area (Å²) in [5, 5.41) is 6.01. The van der Waals surface area contributed by atoms with Crippen LogP contribution in [0.2, 0.25) is 5.15 Å². The second-order valence-corrected chi connectivity index (χ2v) is 8.79. The third-order valence-corrected chi connectivity index (χ3v) is 6.07. The van der Waals surface area contributed by atoms with Crippen LogP contribution >= 0.6 is 11.6 Å². The zero-order valence-electron chi connectivity index (χ0n) is 19.6. The number of amides is 2. The van der Waals surface area contributed by atoms with Crippen molar-refractivity contribution in [3.8, 4) is 0 Å². The number of carbonyl (C=O) groups excluding carboxylic acids is 2. The average molecular weight is 512 g/mol. The van der Waals surface area contributed by atoms with Crippen molar-refractivity contribution >= 4 is 46.8 Å². The van der Waals surface area contributed by atoms with E-state index in [1.54, 1.807) is 42.9 Å². The van der Waals surface area contributed by atoms with Crippen molar-refractivity contribution in [1.29, 1.82) is 0 Å². The van der Waals surface area contributed by atoms with Crippen LogP contribution < -0.4 is 16.2 Å². The Morgan fingerprint density at radius 2 is 2.00 bits per heavy atom. The number of pyridine rings is 2. The molecule has 5 rings (SSSR count). The zero-order valence-corrected chi connectivity index (χ0v) is 20.3. The zero-order chi connectivity index (χ0) is 25.8. The van der Waals surface area contributed by atoms with Crippen LogP contribution in [-0.2, 0) is 11.3 Å². The van der Waals surface area contributed by atoms with Crippen LogP contribution in [0.4, 0.5) is 5.69 Å². The first kappa shape index (κ1) is 24.0. The predicted octanol–water partition coefficient (Wildman–Crippen LogP) is 4.21. The van der Waals surface area contributed by atoms with E-state index in [-0.39, 0.29) is 24.6 Å². The fourth-order valence-corrected chi connectivity index (χ4v) is 4.13. The van der Waals surface area contributed by atoms with E-state index in [0.717, 1.165) is 28.1 Å². The van der Waals surface area contributed by atoms with Gasteiger partial charge in [-0.1, -0.05) is 42.0 Å². The summed E-state index contributed by atoms with van der Waals surface area (Å²) in [7, 11) is 0. The van der Waals surface area contributed by atoms with Gasteiger partial charge in [-0.3, -0.25) is 14.4 Å². The molecule has 0 spiro atoms. The summed E-state index contributed by atoms with van der Waals surface area (Å²) in [6, 6.07) is 16.0. The lowest BCUT2D eigenvalue weighted by molar-refractivity contribution is -0.110. The Morgan fingerprint density at radius 1 is 1.11 bits per heavy atom. The number of aromatic nitrogens is 3. The molecule has 0 saturated carbocycles. The molecular weight excluding hydrogens is 490 g/mol. The number of nitrogens with one attached hydrogen (secondary N) is 3. The van der Waals surface area contributed by atoms with Crippen LogP contribution in [0.25, 0.3) is 17.7 Å². The Kier molecular flexibility index (Phi) is 6.83. The summed E-state index contributed by atoms with van der Waals surface area (Å²) in [6.45, 7) is 0.510. The van der Waals surface area contributed by atoms with E-state index in [1.165, 1.54) is 10.6 Å². The molecule has 37 heavy (non-hydrogen) atoms. The van der Waals surface area contributed by atoms with Gasteiger partial charge in [-0.05, 0) is 53.6 Å². The summed E-state index contributed by atoms with van der Waals surface area (Å²) in [4.78, 5) is 44.9. The van der Waals surface area contributed by atoms with Crippen LogP contribution in [0.15, 0.2) is 84.1 Å². The van der Waals surface area contributed by atoms with Crippen molar-refractivity contribution in [2.75, 3.05) is 11.9 Å². The molecule has 2 amide bonds. The highest BCUT2D eigenvalue weighted by Crippen LogP contribution is 2.33. The number of aromatic amines is 1. The molecule has 184 valence electrons. The highest BCUT2D eigenvalue weighted by molar-refractivity contribution is 6.34. The van der Waals surface area contributed by atoms with Gasteiger partial charge in [0.05, 0.1) is 12.1 Å². The number of fused-ring (bicyclic) bond motifs is 1. The lowest BCUT2D eigenvalue weighted by atomic mass is 10.0. The largest absolute Gasteiger partial charge is 0.362 e. The van der Waals surface area contributed by atoms with Gasteiger partial charge in [0.15, 0.2) is 0 Å². The van der Waals surface area contributed by atoms with E-state index in [0.29, 0.717) is 10.7 Å². The summed E-state index contributed by atoms with van der Waals surface area (Å²) in [5.41, 5.74) is 4.34. The number of hydrogen-bond donors (Lipinski definition) is 3. The van der Waals surface area contributed by atoms with Gasteiger partial charge in [-0.2, -0.15) is 0 Å². The van der Waals surface area contributed by atoms with Gasteiger partial charge < -0.3 is 20.2 Å². The lowest BCUT2D eigenvalue weighted by Crippen LogP contribution is -2.33. The molecule has 1 aromatic carbocycles. The molecule has 4 aromatic rings. The van der Waals surface area contributed by atoms with Gasteiger partial charge in [-0.15, -0.1) is 0 Å². The Balaban J connectivity index is 1.22. The molecule has 3 aromatic heterocycles. The number of anilines is 1. The molecule has 0 unspecified atom stereocenters. The number of benzene rings is 1. The van der Waals surface area contributed by atoms with Crippen molar-refractivity contribution in [3.63, 3.8) is 0 Å². The summed E-state index contributed by atoms with van der Waals surface area (Å²) in [5.74, 6) is -0.614. The first-order valence-electron chi connectivity index (χ1n) is 11.5. The van der Waals surface area contributed by atoms with Crippen LogP contribution in [-0.4, -0.2) is 32.9 Å². The number of rotatable bonds is 7. The minimum Gasteiger partial charge on any atom is -0.362 e. The fraction of sp³-hybridized carbons (Fsp3) is 0.0714. The average Bonchev–Trinajstić information content (AvgIpc) is 3.52. The summed E-state index contributed by atoms with van der Waals surface area (Å²) < 4.78 is 1.45. The van der Waals surface area contributed by atoms with E-state index in [4.69, 9.17) is 11.6 Å². The van der Waals surface area contributed by atoms with Gasteiger partial charge in [-0.25, -0.2) is 4.98 Å². The molecule has 9 heteroatoms. The molecule has 1 aliphatic heterocycles.